The van der Waals surface area contributed by atoms with Crippen molar-refractivity contribution < 1.29 is 9.53 Å². The molecule has 0 aliphatic carbocycles. The van der Waals surface area contributed by atoms with Crippen LogP contribution in [0.15, 0.2) is 42.5 Å². The van der Waals surface area contributed by atoms with Crippen LogP contribution in [0.4, 0.5) is 11.4 Å². The number of ether oxygens (including phenoxy) is 1. The minimum atomic E-state index is -0.00908. The average molecular weight is 374 g/mol. The number of benzene rings is 2. The number of carbonyl (C=O) groups excluding carboxylic acids is 1. The first-order valence-electron chi connectivity index (χ1n) is 8.73. The number of halogens is 1. The molecular formula is C20H24ClN3O2. The van der Waals surface area contributed by atoms with Gasteiger partial charge in [-0.15, -0.1) is 0 Å². The number of methoxy groups -OCH3 is 1. The van der Waals surface area contributed by atoms with E-state index in [1.54, 1.807) is 7.11 Å². The van der Waals surface area contributed by atoms with Crippen LogP contribution in [-0.4, -0.2) is 50.6 Å². The monoisotopic (exact) mass is 373 g/mol. The fourth-order valence-corrected chi connectivity index (χ4v) is 3.28. The minimum Gasteiger partial charge on any atom is -0.497 e. The van der Waals surface area contributed by atoms with Crippen LogP contribution in [0.5, 0.6) is 5.75 Å². The smallest absolute Gasteiger partial charge is 0.238 e. The summed E-state index contributed by atoms with van der Waals surface area (Å²) in [6.07, 6.45) is 0. The van der Waals surface area contributed by atoms with Gasteiger partial charge in [-0.05, 0) is 36.8 Å². The topological polar surface area (TPSA) is 44.8 Å². The second-order valence-corrected chi connectivity index (χ2v) is 6.83. The lowest BCUT2D eigenvalue weighted by Gasteiger charge is -2.35. The summed E-state index contributed by atoms with van der Waals surface area (Å²) in [6.45, 7) is 5.76. The number of nitrogens with one attached hydrogen (secondary N) is 1. The molecule has 0 radical (unpaired) electrons. The number of rotatable bonds is 5. The van der Waals surface area contributed by atoms with E-state index in [9.17, 15) is 4.79 Å². The van der Waals surface area contributed by atoms with Crippen molar-refractivity contribution in [3.8, 4) is 5.75 Å². The van der Waals surface area contributed by atoms with E-state index in [4.69, 9.17) is 16.3 Å². The van der Waals surface area contributed by atoms with Crippen molar-refractivity contribution in [3.63, 3.8) is 0 Å². The number of amides is 1. The Labute approximate surface area is 159 Å². The number of anilines is 2. The van der Waals surface area contributed by atoms with Gasteiger partial charge < -0.3 is 15.0 Å². The third kappa shape index (κ3) is 4.48. The summed E-state index contributed by atoms with van der Waals surface area (Å²) in [4.78, 5) is 16.8. The summed E-state index contributed by atoms with van der Waals surface area (Å²) in [7, 11) is 1.68. The highest BCUT2D eigenvalue weighted by atomic mass is 35.5. The third-order valence-electron chi connectivity index (χ3n) is 4.70. The average Bonchev–Trinajstić information content (AvgIpc) is 2.66. The maximum absolute atomic E-state index is 12.4. The van der Waals surface area contributed by atoms with Gasteiger partial charge in [0.15, 0.2) is 0 Å². The number of hydrogen-bond donors (Lipinski definition) is 1. The molecule has 0 unspecified atom stereocenters. The van der Waals surface area contributed by atoms with Crippen LogP contribution in [-0.2, 0) is 4.79 Å². The Bertz CT molecular complexity index is 773. The molecule has 1 aliphatic rings. The molecule has 1 amide bonds. The molecule has 5 nitrogen and oxygen atoms in total. The number of piperazine rings is 1. The van der Waals surface area contributed by atoms with E-state index in [-0.39, 0.29) is 5.91 Å². The first kappa shape index (κ1) is 18.5. The molecule has 0 saturated carbocycles. The van der Waals surface area contributed by atoms with Crippen molar-refractivity contribution in [2.45, 2.75) is 6.92 Å². The van der Waals surface area contributed by atoms with Crippen LogP contribution in [0.25, 0.3) is 0 Å². The van der Waals surface area contributed by atoms with Gasteiger partial charge in [0.25, 0.3) is 0 Å². The van der Waals surface area contributed by atoms with E-state index in [2.05, 4.69) is 21.2 Å². The van der Waals surface area contributed by atoms with Crippen LogP contribution in [0.1, 0.15) is 5.56 Å². The highest BCUT2D eigenvalue weighted by Gasteiger charge is 2.20. The Balaban J connectivity index is 1.52. The Morgan fingerprint density at radius 2 is 1.88 bits per heavy atom. The molecule has 1 aliphatic heterocycles. The number of nitrogens with zero attached hydrogens (tertiary/aromatic N) is 2. The van der Waals surface area contributed by atoms with Crippen molar-refractivity contribution >= 4 is 28.9 Å². The quantitative estimate of drug-likeness (QED) is 0.872. The molecule has 3 rings (SSSR count). The minimum absolute atomic E-state index is 0.00908. The van der Waals surface area contributed by atoms with Gasteiger partial charge >= 0.3 is 0 Å². The largest absolute Gasteiger partial charge is 0.497 e. The molecule has 138 valence electrons. The first-order chi connectivity index (χ1) is 12.6. The lowest BCUT2D eigenvalue weighted by molar-refractivity contribution is -0.117. The van der Waals surface area contributed by atoms with E-state index in [1.165, 1.54) is 0 Å². The highest BCUT2D eigenvalue weighted by molar-refractivity contribution is 6.31. The lowest BCUT2D eigenvalue weighted by Crippen LogP contribution is -2.48. The molecule has 1 heterocycles. The zero-order valence-electron chi connectivity index (χ0n) is 15.2. The second kappa shape index (κ2) is 8.43. The molecular weight excluding hydrogens is 350 g/mol. The summed E-state index contributed by atoms with van der Waals surface area (Å²) >= 11 is 6.11. The summed E-state index contributed by atoms with van der Waals surface area (Å²) in [5.74, 6) is 0.853. The van der Waals surface area contributed by atoms with Gasteiger partial charge in [0.2, 0.25) is 5.91 Å². The molecule has 6 heteroatoms. The van der Waals surface area contributed by atoms with Gasteiger partial charge in [-0.3, -0.25) is 9.69 Å². The fourth-order valence-electron chi connectivity index (χ4n) is 3.11. The molecule has 1 saturated heterocycles. The van der Waals surface area contributed by atoms with E-state index < -0.39 is 0 Å². The normalized spacial score (nSPS) is 15.0. The van der Waals surface area contributed by atoms with Gasteiger partial charge in [-0.25, -0.2) is 0 Å². The van der Waals surface area contributed by atoms with Crippen LogP contribution < -0.4 is 15.0 Å². The fraction of sp³-hybridized carbons (Fsp3) is 0.350. The maximum Gasteiger partial charge on any atom is 0.238 e. The lowest BCUT2D eigenvalue weighted by atomic mass is 10.2. The highest BCUT2D eigenvalue weighted by Crippen LogP contribution is 2.24. The Hall–Kier alpha value is -2.24. The molecule has 0 aromatic heterocycles. The first-order valence-corrected chi connectivity index (χ1v) is 9.11. The zero-order chi connectivity index (χ0) is 18.5. The Morgan fingerprint density at radius 3 is 2.62 bits per heavy atom. The molecule has 2 aromatic carbocycles. The predicted molar refractivity (Wildman–Crippen MR) is 106 cm³/mol. The molecule has 0 spiro atoms. The van der Waals surface area contributed by atoms with Crippen molar-refractivity contribution in [1.29, 1.82) is 0 Å². The Morgan fingerprint density at radius 1 is 1.15 bits per heavy atom. The van der Waals surface area contributed by atoms with E-state index >= 15 is 0 Å². The van der Waals surface area contributed by atoms with Crippen molar-refractivity contribution in [2.75, 3.05) is 50.1 Å². The van der Waals surface area contributed by atoms with Gasteiger partial charge in [0.1, 0.15) is 5.75 Å². The summed E-state index contributed by atoms with van der Waals surface area (Å²) in [5.41, 5.74) is 2.82. The van der Waals surface area contributed by atoms with Gasteiger partial charge in [-0.1, -0.05) is 23.7 Å². The van der Waals surface area contributed by atoms with Gasteiger partial charge in [-0.2, -0.15) is 0 Å². The molecule has 0 bridgehead atoms. The second-order valence-electron chi connectivity index (χ2n) is 6.43. The van der Waals surface area contributed by atoms with E-state index in [0.29, 0.717) is 11.6 Å². The maximum atomic E-state index is 12.4. The standard InChI is InChI=1S/C20H24ClN3O2/c1-15-18(21)7-4-8-19(15)22-20(25)14-23-9-11-24(12-10-23)16-5-3-6-17(13-16)26-2/h3-8,13H,9-12,14H2,1-2H3,(H,22,25). The SMILES string of the molecule is COc1cccc(N2CCN(CC(=O)Nc3cccc(Cl)c3C)CC2)c1. The van der Waals surface area contributed by atoms with Crippen molar-refractivity contribution in [3.05, 3.63) is 53.1 Å². The molecule has 2 aromatic rings. The van der Waals surface area contributed by atoms with Crippen molar-refractivity contribution in [2.24, 2.45) is 0 Å². The number of hydrogen-bond acceptors (Lipinski definition) is 4. The predicted octanol–water partition coefficient (Wildman–Crippen LogP) is 3.42. The molecule has 0 atom stereocenters. The van der Waals surface area contributed by atoms with E-state index in [0.717, 1.165) is 48.9 Å². The summed E-state index contributed by atoms with van der Waals surface area (Å²) < 4.78 is 5.29. The molecule has 1 N–H and O–H groups in total. The zero-order valence-corrected chi connectivity index (χ0v) is 15.9. The van der Waals surface area contributed by atoms with E-state index in [1.807, 2.05) is 43.3 Å². The van der Waals surface area contributed by atoms with Crippen molar-refractivity contribution in [1.82, 2.24) is 4.90 Å². The molecule has 1 fully saturated rings. The van der Waals surface area contributed by atoms with Crippen LogP contribution in [0, 0.1) is 6.92 Å². The third-order valence-corrected chi connectivity index (χ3v) is 5.11. The molecule has 26 heavy (non-hydrogen) atoms. The number of carbonyl (C=O) groups is 1. The van der Waals surface area contributed by atoms with Crippen LogP contribution in [0.3, 0.4) is 0 Å². The summed E-state index contributed by atoms with van der Waals surface area (Å²) in [6, 6.07) is 13.6. The Kier molecular flexibility index (Phi) is 6.01. The van der Waals surface area contributed by atoms with Crippen LogP contribution in [0.2, 0.25) is 5.02 Å². The van der Waals surface area contributed by atoms with Crippen LogP contribution >= 0.6 is 11.6 Å². The van der Waals surface area contributed by atoms with Gasteiger partial charge in [0, 0.05) is 48.6 Å². The van der Waals surface area contributed by atoms with Gasteiger partial charge in [0.05, 0.1) is 13.7 Å². The summed E-state index contributed by atoms with van der Waals surface area (Å²) in [5, 5.41) is 3.62.